The third kappa shape index (κ3) is 3.44. The van der Waals surface area contributed by atoms with E-state index in [1.165, 1.54) is 0 Å². The highest BCUT2D eigenvalue weighted by Crippen LogP contribution is 2.27. The second-order valence-corrected chi connectivity index (χ2v) is 8.01. The first kappa shape index (κ1) is 15.6. The van der Waals surface area contributed by atoms with E-state index in [2.05, 4.69) is 9.38 Å². The lowest BCUT2D eigenvalue weighted by Gasteiger charge is -2.17. The van der Waals surface area contributed by atoms with Crippen LogP contribution in [0.25, 0.3) is 10.8 Å². The molecule has 106 valence electrons. The minimum atomic E-state index is -1.30. The van der Waals surface area contributed by atoms with E-state index in [-0.39, 0.29) is 0 Å². The fraction of sp³-hybridized carbons (Fsp3) is 0.286. The smallest absolute Gasteiger partial charge is 0.144 e. The molecular weight excluding hydrogens is 315 g/mol. The zero-order valence-electron chi connectivity index (χ0n) is 11.4. The summed E-state index contributed by atoms with van der Waals surface area (Å²) in [5.74, 6) is 0. The van der Waals surface area contributed by atoms with Crippen molar-refractivity contribution in [3.63, 3.8) is 0 Å². The molecule has 6 heteroatoms. The Bertz CT molecular complexity index is 668. The Morgan fingerprint density at radius 1 is 1.25 bits per heavy atom. The number of hydrogen-bond acceptors (Lipinski definition) is 3. The van der Waals surface area contributed by atoms with Gasteiger partial charge < -0.3 is 4.55 Å². The van der Waals surface area contributed by atoms with Crippen LogP contribution < -0.4 is 0 Å². The van der Waals surface area contributed by atoms with Crippen LogP contribution in [0.2, 0.25) is 10.2 Å². The van der Waals surface area contributed by atoms with Crippen molar-refractivity contribution in [2.75, 3.05) is 0 Å². The third-order valence-corrected chi connectivity index (χ3v) is 4.54. The number of fused-ring (bicyclic) bond motifs is 1. The second-order valence-electron chi connectivity index (χ2n) is 5.29. The van der Waals surface area contributed by atoms with Crippen LogP contribution in [-0.2, 0) is 11.4 Å². The van der Waals surface area contributed by atoms with Crippen molar-refractivity contribution >= 4 is 51.6 Å². The van der Waals surface area contributed by atoms with E-state index < -0.39 is 16.1 Å². The van der Waals surface area contributed by atoms with Crippen LogP contribution in [0, 0.1) is 0 Å². The summed E-state index contributed by atoms with van der Waals surface area (Å²) in [5, 5.41) is 2.61. The molecule has 2 aromatic rings. The average molecular weight is 329 g/mol. The largest absolute Gasteiger partial charge is 0.591 e. The van der Waals surface area contributed by atoms with E-state index in [0.717, 1.165) is 16.3 Å². The molecule has 1 aromatic carbocycles. The van der Waals surface area contributed by atoms with Gasteiger partial charge in [0, 0.05) is 22.2 Å². The highest BCUT2D eigenvalue weighted by molar-refractivity contribution is 7.91. The van der Waals surface area contributed by atoms with Crippen LogP contribution in [0.1, 0.15) is 26.3 Å². The molecule has 0 N–H and O–H groups in total. The average Bonchev–Trinajstić information content (AvgIpc) is 2.36. The number of rotatable bonds is 2. The van der Waals surface area contributed by atoms with E-state index in [9.17, 15) is 4.55 Å². The maximum Gasteiger partial charge on any atom is 0.144 e. The highest BCUT2D eigenvalue weighted by Gasteiger charge is 2.25. The van der Waals surface area contributed by atoms with Gasteiger partial charge in [0.15, 0.2) is 0 Å². The van der Waals surface area contributed by atoms with Gasteiger partial charge in [-0.15, -0.1) is 0 Å². The number of hydrogen-bond donors (Lipinski definition) is 0. The van der Waals surface area contributed by atoms with E-state index in [1.807, 2.05) is 26.8 Å². The Balaban J connectivity index is 2.48. The molecule has 0 spiro atoms. The van der Waals surface area contributed by atoms with E-state index >= 15 is 0 Å². The molecular formula is C14H14Cl2N2OS. The zero-order valence-corrected chi connectivity index (χ0v) is 13.7. The van der Waals surface area contributed by atoms with E-state index in [4.69, 9.17) is 23.2 Å². The lowest BCUT2D eigenvalue weighted by molar-refractivity contribution is 0.562. The van der Waals surface area contributed by atoms with Crippen LogP contribution in [0.4, 0.5) is 0 Å². The van der Waals surface area contributed by atoms with E-state index in [1.54, 1.807) is 24.5 Å². The molecule has 0 amide bonds. The SMILES string of the molecule is CC(C)(C)[S+]([O-])N=Cc1ccc(Cl)c2cnc(Cl)cc12. The van der Waals surface area contributed by atoms with Crippen molar-refractivity contribution in [1.82, 2.24) is 4.98 Å². The van der Waals surface area contributed by atoms with Gasteiger partial charge in [0.1, 0.15) is 21.3 Å². The number of benzene rings is 1. The number of halogens is 2. The molecule has 0 aliphatic rings. The predicted octanol–water partition coefficient (Wildman–Crippen LogP) is 4.42. The molecule has 0 saturated heterocycles. The molecule has 1 atom stereocenters. The van der Waals surface area contributed by atoms with Gasteiger partial charge >= 0.3 is 0 Å². The second kappa shape index (κ2) is 5.90. The summed E-state index contributed by atoms with van der Waals surface area (Å²) < 4.78 is 15.7. The lowest BCUT2D eigenvalue weighted by Crippen LogP contribution is -2.25. The van der Waals surface area contributed by atoms with Gasteiger partial charge in [0.25, 0.3) is 0 Å². The van der Waals surface area contributed by atoms with Crippen molar-refractivity contribution in [1.29, 1.82) is 0 Å². The summed E-state index contributed by atoms with van der Waals surface area (Å²) >= 11 is 10.7. The fourth-order valence-corrected chi connectivity index (χ4v) is 2.47. The molecule has 0 radical (unpaired) electrons. The highest BCUT2D eigenvalue weighted by atomic mass is 35.5. The Hall–Kier alpha value is -0.810. The van der Waals surface area contributed by atoms with Crippen molar-refractivity contribution < 1.29 is 4.55 Å². The van der Waals surface area contributed by atoms with Crippen molar-refractivity contribution in [3.8, 4) is 0 Å². The monoisotopic (exact) mass is 328 g/mol. The summed E-state index contributed by atoms with van der Waals surface area (Å²) in [6.45, 7) is 5.63. The molecule has 0 aliphatic heterocycles. The Morgan fingerprint density at radius 2 is 1.95 bits per heavy atom. The molecule has 0 fully saturated rings. The standard InChI is InChI=1S/C14H14Cl2N2OS/c1-14(2,3)20(19)18-7-9-4-5-12(15)11-8-17-13(16)6-10(9)11/h4-8H,1-3H3. The molecule has 1 unspecified atom stereocenters. The first-order chi connectivity index (χ1) is 9.29. The number of pyridine rings is 1. The number of aromatic nitrogens is 1. The summed E-state index contributed by atoms with van der Waals surface area (Å²) in [5.41, 5.74) is 0.811. The first-order valence-electron chi connectivity index (χ1n) is 5.99. The minimum Gasteiger partial charge on any atom is -0.591 e. The van der Waals surface area contributed by atoms with Crippen LogP contribution in [0.5, 0.6) is 0 Å². The Morgan fingerprint density at radius 3 is 2.60 bits per heavy atom. The zero-order chi connectivity index (χ0) is 14.9. The van der Waals surface area contributed by atoms with Gasteiger partial charge in [-0.1, -0.05) is 33.7 Å². The molecule has 0 aliphatic carbocycles. The maximum absolute atomic E-state index is 12.0. The molecule has 0 saturated carbocycles. The summed E-state index contributed by atoms with van der Waals surface area (Å²) in [4.78, 5) is 4.02. The molecule has 1 aromatic heterocycles. The van der Waals surface area contributed by atoms with Crippen LogP contribution >= 0.6 is 23.2 Å². The number of nitrogens with zero attached hydrogens (tertiary/aromatic N) is 2. The fourth-order valence-electron chi connectivity index (χ4n) is 1.58. The first-order valence-corrected chi connectivity index (χ1v) is 7.85. The Labute approximate surface area is 131 Å². The Kier molecular flexibility index (Phi) is 4.59. The predicted molar refractivity (Wildman–Crippen MR) is 87.3 cm³/mol. The molecule has 1 heterocycles. The quantitative estimate of drug-likeness (QED) is 0.465. The lowest BCUT2D eigenvalue weighted by atomic mass is 10.1. The van der Waals surface area contributed by atoms with Crippen LogP contribution in [0.15, 0.2) is 28.8 Å². The van der Waals surface area contributed by atoms with Gasteiger partial charge in [0.2, 0.25) is 0 Å². The van der Waals surface area contributed by atoms with Gasteiger partial charge in [-0.3, -0.25) is 0 Å². The molecule has 3 nitrogen and oxygen atoms in total. The van der Waals surface area contributed by atoms with E-state index in [0.29, 0.717) is 10.2 Å². The summed E-state index contributed by atoms with van der Waals surface area (Å²) in [6.07, 6.45) is 3.22. The van der Waals surface area contributed by atoms with Crippen molar-refractivity contribution in [3.05, 3.63) is 40.1 Å². The third-order valence-electron chi connectivity index (χ3n) is 2.66. The van der Waals surface area contributed by atoms with Gasteiger partial charge in [-0.25, -0.2) is 4.98 Å². The van der Waals surface area contributed by atoms with Crippen molar-refractivity contribution in [2.24, 2.45) is 4.40 Å². The normalized spacial score (nSPS) is 14.1. The van der Waals surface area contributed by atoms with Gasteiger partial charge in [-0.05, 0) is 38.3 Å². The summed E-state index contributed by atoms with van der Waals surface area (Å²) in [7, 11) is 0. The van der Waals surface area contributed by atoms with Crippen LogP contribution in [0.3, 0.4) is 0 Å². The topological polar surface area (TPSA) is 48.3 Å². The molecule has 0 bridgehead atoms. The van der Waals surface area contributed by atoms with Crippen LogP contribution in [-0.4, -0.2) is 20.5 Å². The summed E-state index contributed by atoms with van der Waals surface area (Å²) in [6, 6.07) is 5.31. The van der Waals surface area contributed by atoms with Gasteiger partial charge in [-0.2, -0.15) is 0 Å². The molecule has 2 rings (SSSR count). The minimum absolute atomic E-state index is 0.381. The molecule has 20 heavy (non-hydrogen) atoms. The van der Waals surface area contributed by atoms with Gasteiger partial charge in [0.05, 0.1) is 6.21 Å². The maximum atomic E-state index is 12.0. The van der Waals surface area contributed by atoms with Crippen molar-refractivity contribution in [2.45, 2.75) is 25.5 Å².